The van der Waals surface area contributed by atoms with E-state index in [0.717, 1.165) is 0 Å². The van der Waals surface area contributed by atoms with Crippen molar-refractivity contribution in [2.75, 3.05) is 0 Å². The summed E-state index contributed by atoms with van der Waals surface area (Å²) in [6.07, 6.45) is 3.29. The van der Waals surface area contributed by atoms with Gasteiger partial charge in [0.15, 0.2) is 0 Å². The summed E-state index contributed by atoms with van der Waals surface area (Å²) in [6.45, 7) is 6.77. The van der Waals surface area contributed by atoms with Crippen molar-refractivity contribution in [1.29, 1.82) is 0 Å². The van der Waals surface area contributed by atoms with Gasteiger partial charge in [-0.05, 0) is 12.3 Å². The molecule has 0 spiro atoms. The van der Waals surface area contributed by atoms with Crippen LogP contribution in [0.5, 0.6) is 0 Å². The molecule has 33 valence electrons. The molecule has 0 amide bonds. The van der Waals surface area contributed by atoms with Crippen LogP contribution in [0.2, 0.25) is 0 Å². The molecule has 0 saturated heterocycles. The monoisotopic (exact) mass is 90.0 g/mol. The maximum Gasteiger partial charge on any atom is 0.119 e. The second-order valence-electron chi connectivity index (χ2n) is 0.854. The van der Waals surface area contributed by atoms with Gasteiger partial charge in [0.05, 0.1) is 13.0 Å². The fourth-order valence-corrected chi connectivity index (χ4v) is 0.151. The zero-order chi connectivity index (χ0) is 5.54. The van der Waals surface area contributed by atoms with Crippen molar-refractivity contribution < 1.29 is 0 Å². The Hall–Kier alpha value is -1.05. The number of allylic oxidation sites excluding steroid dienone is 1. The average molecular weight is 90.1 g/mol. The minimum Gasteiger partial charge on any atom is -0.0693 e. The van der Waals surface area contributed by atoms with Crippen molar-refractivity contribution in [2.45, 2.75) is 6.42 Å². The molecule has 0 aliphatic rings. The first-order valence-electron chi connectivity index (χ1n) is 1.96. The quantitative estimate of drug-likeness (QED) is 0.339. The summed E-state index contributed by atoms with van der Waals surface area (Å²) in [5, 5.41) is 0. The highest BCUT2D eigenvalue weighted by atomic mass is 13.6. The van der Waals surface area contributed by atoms with Crippen LogP contribution in [0.1, 0.15) is 6.42 Å². The zero-order valence-corrected chi connectivity index (χ0v) is 4.12. The summed E-state index contributed by atoms with van der Waals surface area (Å²) in [7, 11) is 0. The predicted molar refractivity (Wildman–Crippen MR) is 29.4 cm³/mol. The van der Waals surface area contributed by atoms with Crippen LogP contribution in [-0.4, -0.2) is 0 Å². The Morgan fingerprint density at radius 3 is 2.57 bits per heavy atom. The Balaban J connectivity index is 3.89. The molecule has 1 radical (unpaired) electrons. The third-order valence-electron chi connectivity index (χ3n) is 0.364. The Bertz CT molecular complexity index is 135. The van der Waals surface area contributed by atoms with Gasteiger partial charge in [0.25, 0.3) is 0 Å². The van der Waals surface area contributed by atoms with E-state index in [2.05, 4.69) is 36.8 Å². The predicted octanol–water partition coefficient (Wildman–Crippen LogP) is 1.67. The molecule has 7 heavy (non-hydrogen) atoms. The Morgan fingerprint density at radius 1 is 1.43 bits per heavy atom. The molecular weight excluding hydrogens is 84.1 g/mol. The Morgan fingerprint density at radius 2 is 2.14 bits per heavy atom. The van der Waals surface area contributed by atoms with E-state index in [4.69, 9.17) is 0 Å². The molecule has 0 aromatic heterocycles. The largest absolute Gasteiger partial charge is 0.119 e. The van der Waals surface area contributed by atoms with Gasteiger partial charge >= 0.3 is 0 Å². The van der Waals surface area contributed by atoms with Crippen molar-refractivity contribution in [1.82, 2.24) is 0 Å². The van der Waals surface area contributed by atoms with Crippen molar-refractivity contribution in [3.63, 3.8) is 0 Å². The molecule has 0 N–H and O–H groups in total. The van der Waals surface area contributed by atoms with Crippen LogP contribution in [0.4, 0.5) is 0 Å². The first kappa shape index (κ1) is 5.95. The maximum absolute atomic E-state index is 3.50. The van der Waals surface area contributed by atoms with E-state index >= 15 is 0 Å². The molecular formula is C7H6+. The standard InChI is InChI=1S/C7H6/c1-3-5-7-6-4-2/h1-3H2/q+1. The molecule has 0 aromatic rings. The lowest BCUT2D eigenvalue weighted by Crippen LogP contribution is -1.43. The van der Waals surface area contributed by atoms with Gasteiger partial charge in [0.2, 0.25) is 0 Å². The van der Waals surface area contributed by atoms with Crippen molar-refractivity contribution in [3.05, 3.63) is 36.8 Å². The number of hydrogen-bond donors (Lipinski definition) is 0. The molecule has 0 fully saturated rings. The van der Waals surface area contributed by atoms with Crippen LogP contribution in [0.25, 0.3) is 0 Å². The lowest BCUT2D eigenvalue weighted by molar-refractivity contribution is 1.36. The Kier molecular flexibility index (Phi) is 4.21. The van der Waals surface area contributed by atoms with Crippen molar-refractivity contribution in [2.24, 2.45) is 0 Å². The van der Waals surface area contributed by atoms with Crippen LogP contribution in [0.15, 0.2) is 23.8 Å². The van der Waals surface area contributed by atoms with E-state index < -0.39 is 0 Å². The molecule has 0 bridgehead atoms. The van der Waals surface area contributed by atoms with E-state index in [-0.39, 0.29) is 0 Å². The van der Waals surface area contributed by atoms with Crippen LogP contribution < -0.4 is 0 Å². The normalized spacial score (nSPS) is 5.14. The minimum absolute atomic E-state index is 0.620. The molecule has 0 atom stereocenters. The van der Waals surface area contributed by atoms with Gasteiger partial charge in [0.1, 0.15) is 6.42 Å². The lowest BCUT2D eigenvalue weighted by atomic mass is 10.5. The van der Waals surface area contributed by atoms with Gasteiger partial charge in [-0.3, -0.25) is 0 Å². The van der Waals surface area contributed by atoms with Gasteiger partial charge in [-0.25, -0.2) is 0 Å². The summed E-state index contributed by atoms with van der Waals surface area (Å²) < 4.78 is 0. The highest BCUT2D eigenvalue weighted by Gasteiger charge is 1.62. The van der Waals surface area contributed by atoms with E-state index in [1.165, 1.54) is 0 Å². The highest BCUT2D eigenvalue weighted by Crippen LogP contribution is 1.67. The highest BCUT2D eigenvalue weighted by molar-refractivity contribution is 4.78. The fraction of sp³-hybridized carbons (Fsp3) is 0.143. The first-order valence-corrected chi connectivity index (χ1v) is 1.96. The number of rotatable bonds is 1. The van der Waals surface area contributed by atoms with E-state index in [9.17, 15) is 0 Å². The topological polar surface area (TPSA) is 0 Å². The van der Waals surface area contributed by atoms with Crippen molar-refractivity contribution >= 4 is 0 Å². The molecule has 0 unspecified atom stereocenters. The second-order valence-corrected chi connectivity index (χ2v) is 0.854. The minimum atomic E-state index is 0.620. The first-order chi connectivity index (χ1) is 3.41. The SMILES string of the molecule is C=C=C=C=[C]C[CH2+]. The molecule has 0 heterocycles. The molecule has 0 saturated carbocycles. The summed E-state index contributed by atoms with van der Waals surface area (Å²) >= 11 is 0. The van der Waals surface area contributed by atoms with Gasteiger partial charge in [-0.15, -0.1) is 0 Å². The second kappa shape index (κ2) is 4.95. The maximum atomic E-state index is 3.50. The summed E-state index contributed by atoms with van der Waals surface area (Å²) in [5.41, 5.74) is 7.44. The molecule has 0 aliphatic heterocycles. The lowest BCUT2D eigenvalue weighted by Gasteiger charge is -1.49. The van der Waals surface area contributed by atoms with Crippen LogP contribution in [0.3, 0.4) is 0 Å². The van der Waals surface area contributed by atoms with Crippen LogP contribution in [0, 0.1) is 13.0 Å². The van der Waals surface area contributed by atoms with E-state index in [1.54, 1.807) is 0 Å². The van der Waals surface area contributed by atoms with Gasteiger partial charge < -0.3 is 0 Å². The average Bonchev–Trinajstić information content (AvgIpc) is 1.69. The number of hydrogen-bond acceptors (Lipinski definition) is 0. The van der Waals surface area contributed by atoms with Gasteiger partial charge in [-0.2, -0.15) is 0 Å². The van der Waals surface area contributed by atoms with Crippen molar-refractivity contribution in [3.8, 4) is 0 Å². The third-order valence-corrected chi connectivity index (χ3v) is 0.364. The molecule has 0 nitrogen and oxygen atoms in total. The zero-order valence-electron chi connectivity index (χ0n) is 4.12. The molecule has 0 heteroatoms. The summed E-state index contributed by atoms with van der Waals surface area (Å²) in [4.78, 5) is 0. The summed E-state index contributed by atoms with van der Waals surface area (Å²) in [5.74, 6) is 0. The molecule has 0 aliphatic carbocycles. The van der Waals surface area contributed by atoms with Gasteiger partial charge in [0, 0.05) is 0 Å². The van der Waals surface area contributed by atoms with Gasteiger partial charge in [-0.1, -0.05) is 11.5 Å². The smallest absolute Gasteiger partial charge is 0.0693 e. The third kappa shape index (κ3) is 4.95. The molecule has 0 rings (SSSR count). The van der Waals surface area contributed by atoms with E-state index in [1.807, 2.05) is 0 Å². The van der Waals surface area contributed by atoms with Crippen LogP contribution in [-0.2, 0) is 0 Å². The summed E-state index contributed by atoms with van der Waals surface area (Å²) in [6, 6.07) is 0. The Labute approximate surface area is 44.2 Å². The molecule has 0 aromatic carbocycles. The van der Waals surface area contributed by atoms with E-state index in [0.29, 0.717) is 6.42 Å². The van der Waals surface area contributed by atoms with Crippen LogP contribution >= 0.6 is 0 Å². The fourth-order valence-electron chi connectivity index (χ4n) is 0.151.